The summed E-state index contributed by atoms with van der Waals surface area (Å²) in [6.45, 7) is 1.55. The summed E-state index contributed by atoms with van der Waals surface area (Å²) >= 11 is 6.12. The lowest BCUT2D eigenvalue weighted by Crippen LogP contribution is -2.32. The summed E-state index contributed by atoms with van der Waals surface area (Å²) in [5.41, 5.74) is -2.16. The van der Waals surface area contributed by atoms with Crippen molar-refractivity contribution >= 4 is 40.5 Å². The van der Waals surface area contributed by atoms with E-state index in [1.807, 2.05) is 20.2 Å². The lowest BCUT2D eigenvalue weighted by Gasteiger charge is -2.23. The minimum Gasteiger partial charge on any atom is -0.420 e. The van der Waals surface area contributed by atoms with Crippen molar-refractivity contribution in [3.05, 3.63) is 54.4 Å². The topological polar surface area (TPSA) is 70.6 Å². The van der Waals surface area contributed by atoms with Crippen molar-refractivity contribution in [1.29, 1.82) is 0 Å². The maximum Gasteiger partial charge on any atom is 0.487 e. The minimum atomic E-state index is -3.80. The summed E-state index contributed by atoms with van der Waals surface area (Å²) in [6, 6.07) is 9.59. The molecule has 1 amide bonds. The van der Waals surface area contributed by atoms with Crippen LogP contribution in [0.4, 0.5) is 20.3 Å². The van der Waals surface area contributed by atoms with E-state index in [1.165, 1.54) is 35.8 Å². The number of anilines is 2. The smallest absolute Gasteiger partial charge is 0.420 e. The van der Waals surface area contributed by atoms with Gasteiger partial charge in [0, 0.05) is 54.4 Å². The molecule has 1 aliphatic rings. The molecule has 4 rings (SSSR count). The summed E-state index contributed by atoms with van der Waals surface area (Å²) in [4.78, 5) is 23.1. The Morgan fingerprint density at radius 2 is 2.06 bits per heavy atom. The molecule has 33 heavy (non-hydrogen) atoms. The first-order valence-corrected chi connectivity index (χ1v) is 11.3. The van der Waals surface area contributed by atoms with E-state index in [-0.39, 0.29) is 11.7 Å². The van der Waals surface area contributed by atoms with Gasteiger partial charge in [-0.05, 0) is 68.4 Å². The number of hydrogen-bond acceptors (Lipinski definition) is 7. The van der Waals surface area contributed by atoms with Gasteiger partial charge in [0.2, 0.25) is 0 Å². The summed E-state index contributed by atoms with van der Waals surface area (Å²) < 4.78 is 34.1. The molecule has 1 N–H and O–H groups in total. The molecular formula is C22H22ClF2N5O2S. The van der Waals surface area contributed by atoms with Crippen molar-refractivity contribution in [2.75, 3.05) is 37.4 Å². The highest BCUT2D eigenvalue weighted by atomic mass is 35.5. The highest BCUT2D eigenvalue weighted by Crippen LogP contribution is 2.31. The van der Waals surface area contributed by atoms with Crippen LogP contribution < -0.4 is 15.0 Å². The average molecular weight is 494 g/mol. The van der Waals surface area contributed by atoms with Crippen molar-refractivity contribution in [2.24, 2.45) is 0 Å². The third-order valence-electron chi connectivity index (χ3n) is 5.37. The predicted octanol–water partition coefficient (Wildman–Crippen LogP) is 4.77. The highest BCUT2D eigenvalue weighted by molar-refractivity contribution is 7.09. The van der Waals surface area contributed by atoms with E-state index < -0.39 is 5.57 Å². The molecule has 11 heteroatoms. The lowest BCUT2D eigenvalue weighted by atomic mass is 10.1. The number of alkyl halides is 3. The number of nitrogens with one attached hydrogen (secondary N) is 1. The molecule has 1 unspecified atom stereocenters. The quantitative estimate of drug-likeness (QED) is 0.478. The van der Waals surface area contributed by atoms with Gasteiger partial charge in [-0.2, -0.15) is 0 Å². The van der Waals surface area contributed by atoms with Crippen molar-refractivity contribution in [1.82, 2.24) is 14.3 Å². The molecule has 1 atom stereocenters. The maximum atomic E-state index is 13.3. The van der Waals surface area contributed by atoms with Crippen LogP contribution in [0, 0.1) is 0 Å². The van der Waals surface area contributed by atoms with Crippen LogP contribution in [0.5, 0.6) is 5.75 Å². The first-order valence-electron chi connectivity index (χ1n) is 10.2. The molecule has 0 saturated carbocycles. The van der Waals surface area contributed by atoms with Gasteiger partial charge >= 0.3 is 5.57 Å². The minimum absolute atomic E-state index is 0.116. The molecule has 7 nitrogen and oxygen atoms in total. The molecule has 174 valence electrons. The van der Waals surface area contributed by atoms with Gasteiger partial charge in [0.15, 0.2) is 0 Å². The summed E-state index contributed by atoms with van der Waals surface area (Å²) in [6.07, 6.45) is 4.42. The van der Waals surface area contributed by atoms with Crippen LogP contribution in [0.3, 0.4) is 0 Å². The number of hydrogen-bond donors (Lipinski definition) is 1. The Bertz CT molecular complexity index is 1110. The van der Waals surface area contributed by atoms with Gasteiger partial charge < -0.3 is 19.9 Å². The fourth-order valence-electron chi connectivity index (χ4n) is 3.67. The van der Waals surface area contributed by atoms with E-state index in [0.717, 1.165) is 30.0 Å². The van der Waals surface area contributed by atoms with Crippen molar-refractivity contribution in [3.8, 4) is 16.2 Å². The third kappa shape index (κ3) is 5.76. The van der Waals surface area contributed by atoms with E-state index >= 15 is 0 Å². The van der Waals surface area contributed by atoms with Crippen LogP contribution in [0.25, 0.3) is 10.4 Å². The fourth-order valence-corrected chi connectivity index (χ4v) is 4.33. The standard InChI is InChI=1S/C22H22ClF2N5O2S/c1-29(2)16-8-10-30(13-16)20-18(11-14(12-26-20)19-7-9-27-33-19)21(31)28-15-3-5-17(6-4-15)32-22(23,24)25/h3-7,9,11-12,16H,8,10,13H2,1-2H3,(H,28,31). The van der Waals surface area contributed by atoms with Crippen molar-refractivity contribution in [2.45, 2.75) is 18.0 Å². The predicted molar refractivity (Wildman–Crippen MR) is 125 cm³/mol. The number of benzene rings is 1. The van der Waals surface area contributed by atoms with E-state index in [9.17, 15) is 13.6 Å². The molecule has 3 heterocycles. The molecule has 3 aromatic rings. The first-order chi connectivity index (χ1) is 15.7. The molecule has 1 fully saturated rings. The molecule has 2 aromatic heterocycles. The SMILES string of the molecule is CN(C)C1CCN(c2ncc(-c3ccns3)cc2C(=O)Nc2ccc(OC(F)(F)Cl)cc2)C1. The fraction of sp³-hybridized carbons (Fsp3) is 0.318. The Balaban J connectivity index is 1.60. The lowest BCUT2D eigenvalue weighted by molar-refractivity contribution is -0.0964. The molecule has 1 aromatic carbocycles. The van der Waals surface area contributed by atoms with Gasteiger partial charge in [-0.15, -0.1) is 8.78 Å². The zero-order chi connectivity index (χ0) is 23.6. The monoisotopic (exact) mass is 493 g/mol. The van der Waals surface area contributed by atoms with Gasteiger partial charge in [0.05, 0.1) is 10.4 Å². The largest absolute Gasteiger partial charge is 0.487 e. The zero-order valence-corrected chi connectivity index (χ0v) is 19.5. The molecule has 0 aliphatic carbocycles. The summed E-state index contributed by atoms with van der Waals surface area (Å²) in [5.74, 6) is 0.134. The zero-order valence-electron chi connectivity index (χ0n) is 18.0. The molecule has 0 radical (unpaired) electrons. The Labute approximate surface area is 199 Å². The van der Waals surface area contributed by atoms with Crippen LogP contribution >= 0.6 is 23.1 Å². The number of ether oxygens (including phenoxy) is 1. The molecule has 1 aliphatic heterocycles. The van der Waals surface area contributed by atoms with E-state index in [2.05, 4.69) is 29.2 Å². The number of halogens is 3. The number of likely N-dealkylation sites (N-methyl/N-ethyl adjacent to an activating group) is 1. The van der Waals surface area contributed by atoms with Crippen molar-refractivity contribution < 1.29 is 18.3 Å². The van der Waals surface area contributed by atoms with E-state index in [4.69, 9.17) is 11.6 Å². The second-order valence-electron chi connectivity index (χ2n) is 7.85. The summed E-state index contributed by atoms with van der Waals surface area (Å²) in [7, 11) is 4.07. The third-order valence-corrected chi connectivity index (χ3v) is 6.25. The molecule has 1 saturated heterocycles. The number of carbonyl (C=O) groups excluding carboxylic acids is 1. The van der Waals surface area contributed by atoms with Crippen LogP contribution in [-0.2, 0) is 0 Å². The highest BCUT2D eigenvalue weighted by Gasteiger charge is 2.29. The first kappa shape index (κ1) is 23.3. The van der Waals surface area contributed by atoms with Gasteiger partial charge in [-0.1, -0.05) is 0 Å². The number of rotatable bonds is 7. The van der Waals surface area contributed by atoms with Crippen molar-refractivity contribution in [3.63, 3.8) is 0 Å². The van der Waals surface area contributed by atoms with Gasteiger partial charge in [0.1, 0.15) is 11.6 Å². The van der Waals surface area contributed by atoms with Crippen LogP contribution in [-0.4, -0.2) is 59.0 Å². The number of pyridine rings is 1. The average Bonchev–Trinajstić information content (AvgIpc) is 3.46. The van der Waals surface area contributed by atoms with Crippen LogP contribution in [0.15, 0.2) is 48.8 Å². The summed E-state index contributed by atoms with van der Waals surface area (Å²) in [5, 5.41) is 2.81. The van der Waals surface area contributed by atoms with Crippen LogP contribution in [0.1, 0.15) is 16.8 Å². The second-order valence-corrected chi connectivity index (χ2v) is 9.12. The Morgan fingerprint density at radius 1 is 1.30 bits per heavy atom. The normalized spacial score (nSPS) is 16.3. The molecule has 0 spiro atoms. The maximum absolute atomic E-state index is 13.3. The Kier molecular flexibility index (Phi) is 6.78. The van der Waals surface area contributed by atoms with Crippen LogP contribution in [0.2, 0.25) is 0 Å². The van der Waals surface area contributed by atoms with Gasteiger partial charge in [-0.3, -0.25) is 4.79 Å². The Morgan fingerprint density at radius 3 is 2.67 bits per heavy atom. The van der Waals surface area contributed by atoms with Gasteiger partial charge in [-0.25, -0.2) is 9.36 Å². The number of nitrogens with zero attached hydrogens (tertiary/aromatic N) is 4. The second kappa shape index (κ2) is 9.58. The number of amides is 1. The molecule has 0 bridgehead atoms. The number of aromatic nitrogens is 2. The van der Waals surface area contributed by atoms with Gasteiger partial charge in [0.25, 0.3) is 5.91 Å². The number of carbonyl (C=O) groups is 1. The Hall–Kier alpha value is -2.82. The molecular weight excluding hydrogens is 472 g/mol. The van der Waals surface area contributed by atoms with E-state index in [1.54, 1.807) is 18.5 Å². The van der Waals surface area contributed by atoms with E-state index in [0.29, 0.717) is 23.1 Å².